The van der Waals surface area contributed by atoms with E-state index in [0.29, 0.717) is 18.6 Å². The Kier molecular flexibility index (Phi) is 3.59. The van der Waals surface area contributed by atoms with Gasteiger partial charge >= 0.3 is 0 Å². The number of carbonyl (C=O) groups is 1. The number of rotatable bonds is 4. The van der Waals surface area contributed by atoms with Crippen LogP contribution >= 0.6 is 0 Å². The van der Waals surface area contributed by atoms with E-state index in [1.807, 2.05) is 43.3 Å². The zero-order chi connectivity index (χ0) is 14.7. The van der Waals surface area contributed by atoms with Crippen molar-refractivity contribution < 1.29 is 4.79 Å². The third-order valence-electron chi connectivity index (χ3n) is 3.16. The van der Waals surface area contributed by atoms with Gasteiger partial charge in [0.2, 0.25) is 5.91 Å². The van der Waals surface area contributed by atoms with Crippen LogP contribution in [0.15, 0.2) is 42.6 Å². The van der Waals surface area contributed by atoms with Crippen LogP contribution in [0.3, 0.4) is 0 Å². The molecule has 3 aromatic rings. The predicted octanol–water partition coefficient (Wildman–Crippen LogP) is 2.00. The van der Waals surface area contributed by atoms with E-state index in [1.165, 1.54) is 0 Å². The molecule has 106 valence electrons. The van der Waals surface area contributed by atoms with E-state index < -0.39 is 0 Å². The Balaban J connectivity index is 1.65. The SMILES string of the molecule is Cc1ccnc2nc(NC(=O)CCc3ccccc3)nn12. The maximum absolute atomic E-state index is 11.9. The van der Waals surface area contributed by atoms with Crippen molar-refractivity contribution in [3.05, 3.63) is 53.9 Å². The van der Waals surface area contributed by atoms with Gasteiger partial charge in [-0.2, -0.15) is 9.50 Å². The minimum Gasteiger partial charge on any atom is -0.293 e. The smallest absolute Gasteiger partial charge is 0.254 e. The first-order valence-corrected chi connectivity index (χ1v) is 6.74. The van der Waals surface area contributed by atoms with E-state index in [0.717, 1.165) is 11.3 Å². The fourth-order valence-electron chi connectivity index (χ4n) is 2.05. The van der Waals surface area contributed by atoms with Gasteiger partial charge in [0.1, 0.15) is 0 Å². The van der Waals surface area contributed by atoms with Crippen LogP contribution in [-0.2, 0) is 11.2 Å². The van der Waals surface area contributed by atoms with Crippen molar-refractivity contribution in [2.24, 2.45) is 0 Å². The Morgan fingerprint density at radius 2 is 2.05 bits per heavy atom. The highest BCUT2D eigenvalue weighted by molar-refractivity contribution is 5.89. The first kappa shape index (κ1) is 13.2. The van der Waals surface area contributed by atoms with Gasteiger partial charge in [0, 0.05) is 18.3 Å². The fourth-order valence-corrected chi connectivity index (χ4v) is 2.05. The summed E-state index contributed by atoms with van der Waals surface area (Å²) in [5.74, 6) is 0.663. The lowest BCUT2D eigenvalue weighted by molar-refractivity contribution is -0.116. The molecule has 1 N–H and O–H groups in total. The molecule has 0 saturated heterocycles. The molecule has 6 heteroatoms. The molecule has 1 aromatic carbocycles. The molecule has 2 aromatic heterocycles. The molecule has 6 nitrogen and oxygen atoms in total. The lowest BCUT2D eigenvalue weighted by atomic mass is 10.1. The molecule has 0 bridgehead atoms. The minimum atomic E-state index is -0.104. The summed E-state index contributed by atoms with van der Waals surface area (Å²) >= 11 is 0. The molecule has 0 unspecified atom stereocenters. The number of fused-ring (bicyclic) bond motifs is 1. The molecule has 0 aliphatic carbocycles. The molecule has 0 aliphatic heterocycles. The maximum atomic E-state index is 11.9. The van der Waals surface area contributed by atoms with E-state index in [2.05, 4.69) is 20.4 Å². The second kappa shape index (κ2) is 5.70. The number of carbonyl (C=O) groups excluding carboxylic acids is 1. The summed E-state index contributed by atoms with van der Waals surface area (Å²) in [5, 5.41) is 6.93. The van der Waals surface area contributed by atoms with Crippen LogP contribution in [0.25, 0.3) is 5.78 Å². The van der Waals surface area contributed by atoms with Crippen LogP contribution < -0.4 is 5.32 Å². The molecule has 0 radical (unpaired) electrons. The van der Waals surface area contributed by atoms with Gasteiger partial charge in [-0.1, -0.05) is 30.3 Å². The number of amides is 1. The van der Waals surface area contributed by atoms with E-state index in [1.54, 1.807) is 10.7 Å². The Bertz CT molecular complexity index is 766. The minimum absolute atomic E-state index is 0.104. The predicted molar refractivity (Wildman–Crippen MR) is 78.9 cm³/mol. The van der Waals surface area contributed by atoms with Crippen molar-refractivity contribution in [3.8, 4) is 0 Å². The average Bonchev–Trinajstić information content (AvgIpc) is 2.90. The Labute approximate surface area is 121 Å². The number of benzene rings is 1. The Morgan fingerprint density at radius 1 is 1.24 bits per heavy atom. The fraction of sp³-hybridized carbons (Fsp3) is 0.200. The highest BCUT2D eigenvalue weighted by Crippen LogP contribution is 2.07. The number of hydrogen-bond donors (Lipinski definition) is 1. The van der Waals surface area contributed by atoms with Crippen molar-refractivity contribution in [1.29, 1.82) is 0 Å². The third-order valence-corrected chi connectivity index (χ3v) is 3.16. The Hall–Kier alpha value is -2.76. The highest BCUT2D eigenvalue weighted by Gasteiger charge is 2.09. The van der Waals surface area contributed by atoms with Gasteiger partial charge in [-0.15, -0.1) is 5.10 Å². The highest BCUT2D eigenvalue weighted by atomic mass is 16.1. The first-order valence-electron chi connectivity index (χ1n) is 6.74. The number of anilines is 1. The van der Waals surface area contributed by atoms with Crippen LogP contribution in [0.5, 0.6) is 0 Å². The molecule has 0 fully saturated rings. The van der Waals surface area contributed by atoms with E-state index >= 15 is 0 Å². The second-order valence-corrected chi connectivity index (χ2v) is 4.77. The van der Waals surface area contributed by atoms with Crippen LogP contribution in [0, 0.1) is 6.92 Å². The standard InChI is InChI=1S/C15H15N5O/c1-11-9-10-16-15-18-14(19-20(11)15)17-13(21)8-7-12-5-3-2-4-6-12/h2-6,9-10H,7-8H2,1H3,(H,17,19,21). The molecule has 0 atom stereocenters. The number of nitrogens with one attached hydrogen (secondary N) is 1. The van der Waals surface area contributed by atoms with Gasteiger partial charge in [-0.3, -0.25) is 10.1 Å². The van der Waals surface area contributed by atoms with Crippen molar-refractivity contribution in [2.45, 2.75) is 19.8 Å². The van der Waals surface area contributed by atoms with E-state index in [4.69, 9.17) is 0 Å². The van der Waals surface area contributed by atoms with Gasteiger partial charge in [0.25, 0.3) is 11.7 Å². The summed E-state index contributed by atoms with van der Waals surface area (Å²) < 4.78 is 1.60. The van der Waals surface area contributed by atoms with E-state index in [-0.39, 0.29) is 11.9 Å². The molecule has 0 aliphatic rings. The van der Waals surface area contributed by atoms with Gasteiger partial charge in [0.15, 0.2) is 0 Å². The third kappa shape index (κ3) is 3.05. The summed E-state index contributed by atoms with van der Waals surface area (Å²) in [5.41, 5.74) is 2.05. The first-order chi connectivity index (χ1) is 10.2. The topological polar surface area (TPSA) is 72.2 Å². The summed E-state index contributed by atoms with van der Waals surface area (Å²) in [6.07, 6.45) is 2.75. The molecule has 3 rings (SSSR count). The summed E-state index contributed by atoms with van der Waals surface area (Å²) in [6, 6.07) is 11.7. The van der Waals surface area contributed by atoms with E-state index in [9.17, 15) is 4.79 Å². The molecular formula is C15H15N5O. The van der Waals surface area contributed by atoms with Gasteiger partial charge in [-0.05, 0) is 25.0 Å². The van der Waals surface area contributed by atoms with Gasteiger partial charge in [-0.25, -0.2) is 4.98 Å². The number of aryl methyl sites for hydroxylation is 2. The number of nitrogens with zero attached hydrogens (tertiary/aromatic N) is 4. The molecular weight excluding hydrogens is 266 g/mol. The molecule has 0 spiro atoms. The van der Waals surface area contributed by atoms with Crippen LogP contribution in [-0.4, -0.2) is 25.5 Å². The molecule has 1 amide bonds. The molecule has 0 saturated carbocycles. The zero-order valence-electron chi connectivity index (χ0n) is 11.7. The lowest BCUT2D eigenvalue weighted by Gasteiger charge is -2.01. The van der Waals surface area contributed by atoms with Crippen molar-refractivity contribution in [2.75, 3.05) is 5.32 Å². The van der Waals surface area contributed by atoms with Crippen LogP contribution in [0.1, 0.15) is 17.7 Å². The number of hydrogen-bond acceptors (Lipinski definition) is 4. The maximum Gasteiger partial charge on any atom is 0.254 e. The summed E-state index contributed by atoms with van der Waals surface area (Å²) in [4.78, 5) is 20.2. The normalized spacial score (nSPS) is 10.7. The average molecular weight is 281 g/mol. The molecule has 2 heterocycles. The zero-order valence-corrected chi connectivity index (χ0v) is 11.7. The van der Waals surface area contributed by atoms with Crippen molar-refractivity contribution >= 4 is 17.6 Å². The van der Waals surface area contributed by atoms with Gasteiger partial charge in [0.05, 0.1) is 0 Å². The Morgan fingerprint density at radius 3 is 2.81 bits per heavy atom. The van der Waals surface area contributed by atoms with Crippen molar-refractivity contribution in [1.82, 2.24) is 19.6 Å². The van der Waals surface area contributed by atoms with Crippen LogP contribution in [0.2, 0.25) is 0 Å². The summed E-state index contributed by atoms with van der Waals surface area (Å²) in [6.45, 7) is 1.91. The molecule has 21 heavy (non-hydrogen) atoms. The monoisotopic (exact) mass is 281 g/mol. The number of aromatic nitrogens is 4. The second-order valence-electron chi connectivity index (χ2n) is 4.77. The largest absolute Gasteiger partial charge is 0.293 e. The summed E-state index contributed by atoms with van der Waals surface area (Å²) in [7, 11) is 0. The van der Waals surface area contributed by atoms with Crippen molar-refractivity contribution in [3.63, 3.8) is 0 Å². The lowest BCUT2D eigenvalue weighted by Crippen LogP contribution is -2.13. The van der Waals surface area contributed by atoms with Crippen LogP contribution in [0.4, 0.5) is 5.95 Å². The van der Waals surface area contributed by atoms with Gasteiger partial charge < -0.3 is 0 Å². The quantitative estimate of drug-likeness (QED) is 0.794.